The van der Waals surface area contributed by atoms with Crippen LogP contribution in [0.5, 0.6) is 11.5 Å². The summed E-state index contributed by atoms with van der Waals surface area (Å²) in [5, 5.41) is 3.86. The van der Waals surface area contributed by atoms with E-state index in [2.05, 4.69) is 5.32 Å². The molecule has 0 radical (unpaired) electrons. The summed E-state index contributed by atoms with van der Waals surface area (Å²) >= 11 is 5.92. The van der Waals surface area contributed by atoms with Crippen molar-refractivity contribution in [2.45, 2.75) is 13.1 Å². The molecule has 1 aliphatic rings. The van der Waals surface area contributed by atoms with Gasteiger partial charge in [0.1, 0.15) is 17.6 Å². The van der Waals surface area contributed by atoms with Gasteiger partial charge in [0.05, 0.1) is 6.54 Å². The number of amides is 1. The minimum Gasteiger partial charge on any atom is -0.454 e. The molecule has 1 amide bonds. The van der Waals surface area contributed by atoms with E-state index in [1.165, 1.54) is 4.57 Å². The first-order valence-corrected chi connectivity index (χ1v) is 11.4. The number of nitrogens with one attached hydrogen (secondary N) is 1. The van der Waals surface area contributed by atoms with Crippen LogP contribution in [0.1, 0.15) is 5.56 Å². The number of anilines is 1. The molecule has 1 aliphatic heterocycles. The second-order valence-corrected chi connectivity index (χ2v) is 8.72. The van der Waals surface area contributed by atoms with Gasteiger partial charge in [-0.3, -0.25) is 18.7 Å². The van der Waals surface area contributed by atoms with Crippen molar-refractivity contribution in [2.75, 3.05) is 12.1 Å². The molecule has 2 aromatic heterocycles. The van der Waals surface area contributed by atoms with Gasteiger partial charge in [0.2, 0.25) is 18.3 Å². The molecule has 0 saturated heterocycles. The molecular formula is C26H18ClN3O6. The zero-order valence-electron chi connectivity index (χ0n) is 18.7. The van der Waals surface area contributed by atoms with Crippen LogP contribution in [0.3, 0.4) is 0 Å². The molecular weight excluding hydrogens is 486 g/mol. The minimum absolute atomic E-state index is 0.00386. The van der Waals surface area contributed by atoms with Gasteiger partial charge in [0.15, 0.2) is 11.5 Å². The zero-order chi connectivity index (χ0) is 24.8. The molecule has 1 N–H and O–H groups in total. The fraction of sp³-hybridized carbons (Fsp3) is 0.115. The first-order chi connectivity index (χ1) is 17.5. The molecule has 36 heavy (non-hydrogen) atoms. The topological polar surface area (TPSA) is 105 Å². The Hall–Kier alpha value is -4.50. The molecule has 0 atom stereocenters. The zero-order valence-corrected chi connectivity index (χ0v) is 19.4. The van der Waals surface area contributed by atoms with Crippen molar-refractivity contribution in [2.24, 2.45) is 0 Å². The number of fused-ring (bicyclic) bond motifs is 4. The van der Waals surface area contributed by atoms with Gasteiger partial charge >= 0.3 is 5.69 Å². The lowest BCUT2D eigenvalue weighted by Gasteiger charge is -2.13. The Balaban J connectivity index is 1.46. The lowest BCUT2D eigenvalue weighted by Crippen LogP contribution is -2.41. The molecule has 3 heterocycles. The third-order valence-electron chi connectivity index (χ3n) is 5.95. The minimum atomic E-state index is -0.636. The SMILES string of the molecule is O=C(Cn1c(=O)n(Cc2ccc3c(c2)OCO3)c(=O)c2oc3ccccc3c21)Nc1ccc(Cl)cc1. The number of ether oxygens (including phenoxy) is 2. The second kappa shape index (κ2) is 8.62. The van der Waals surface area contributed by atoms with E-state index in [0.717, 1.165) is 4.57 Å². The smallest absolute Gasteiger partial charge is 0.332 e. The summed E-state index contributed by atoms with van der Waals surface area (Å²) in [5.74, 6) is 0.683. The van der Waals surface area contributed by atoms with E-state index in [9.17, 15) is 14.4 Å². The van der Waals surface area contributed by atoms with Gasteiger partial charge in [0.25, 0.3) is 5.56 Å². The summed E-state index contributed by atoms with van der Waals surface area (Å²) < 4.78 is 18.9. The normalized spacial score (nSPS) is 12.4. The molecule has 0 fully saturated rings. The van der Waals surface area contributed by atoms with E-state index in [0.29, 0.717) is 38.7 Å². The number of carbonyl (C=O) groups is 1. The van der Waals surface area contributed by atoms with E-state index in [1.807, 2.05) is 0 Å². The van der Waals surface area contributed by atoms with E-state index in [4.69, 9.17) is 25.5 Å². The van der Waals surface area contributed by atoms with Crippen LogP contribution >= 0.6 is 11.6 Å². The van der Waals surface area contributed by atoms with E-state index in [1.54, 1.807) is 66.7 Å². The molecule has 0 aliphatic carbocycles. The van der Waals surface area contributed by atoms with Crippen molar-refractivity contribution >= 4 is 45.3 Å². The molecule has 5 aromatic rings. The number of hydrogen-bond donors (Lipinski definition) is 1. The Morgan fingerprint density at radius 1 is 0.944 bits per heavy atom. The van der Waals surface area contributed by atoms with Crippen LogP contribution in [0.4, 0.5) is 5.69 Å². The molecule has 0 spiro atoms. The highest BCUT2D eigenvalue weighted by Gasteiger charge is 2.22. The van der Waals surface area contributed by atoms with E-state index in [-0.39, 0.29) is 31.0 Å². The fourth-order valence-electron chi connectivity index (χ4n) is 4.28. The molecule has 3 aromatic carbocycles. The van der Waals surface area contributed by atoms with Crippen molar-refractivity contribution in [1.82, 2.24) is 9.13 Å². The van der Waals surface area contributed by atoms with Crippen LogP contribution in [0.25, 0.3) is 22.1 Å². The van der Waals surface area contributed by atoms with Gasteiger partial charge in [-0.25, -0.2) is 4.79 Å². The van der Waals surface area contributed by atoms with Crippen molar-refractivity contribution < 1.29 is 18.7 Å². The van der Waals surface area contributed by atoms with Gasteiger partial charge in [-0.15, -0.1) is 0 Å². The van der Waals surface area contributed by atoms with Gasteiger partial charge in [0, 0.05) is 16.1 Å². The molecule has 6 rings (SSSR count). The fourth-order valence-corrected chi connectivity index (χ4v) is 4.41. The summed E-state index contributed by atoms with van der Waals surface area (Å²) in [6.07, 6.45) is 0. The highest BCUT2D eigenvalue weighted by molar-refractivity contribution is 6.30. The van der Waals surface area contributed by atoms with Crippen molar-refractivity contribution in [3.63, 3.8) is 0 Å². The monoisotopic (exact) mass is 503 g/mol. The third-order valence-corrected chi connectivity index (χ3v) is 6.20. The van der Waals surface area contributed by atoms with Crippen LogP contribution in [0.15, 0.2) is 80.7 Å². The maximum atomic E-state index is 13.6. The number of rotatable bonds is 5. The molecule has 0 unspecified atom stereocenters. The number of carbonyl (C=O) groups excluding carboxylic acids is 1. The molecule has 0 bridgehead atoms. The maximum Gasteiger partial charge on any atom is 0.332 e. The van der Waals surface area contributed by atoms with Crippen LogP contribution in [-0.4, -0.2) is 21.8 Å². The predicted molar refractivity (Wildman–Crippen MR) is 134 cm³/mol. The van der Waals surface area contributed by atoms with Gasteiger partial charge in [-0.05, 0) is 54.1 Å². The highest BCUT2D eigenvalue weighted by atomic mass is 35.5. The first-order valence-electron chi connectivity index (χ1n) is 11.1. The van der Waals surface area contributed by atoms with Gasteiger partial charge in [-0.2, -0.15) is 0 Å². The number of para-hydroxylation sites is 1. The Kier molecular flexibility index (Phi) is 5.26. The number of furan rings is 1. The summed E-state index contributed by atoms with van der Waals surface area (Å²) in [4.78, 5) is 40.0. The van der Waals surface area contributed by atoms with Crippen LogP contribution < -0.4 is 26.0 Å². The lowest BCUT2D eigenvalue weighted by atomic mass is 10.2. The van der Waals surface area contributed by atoms with Crippen molar-refractivity contribution in [3.8, 4) is 11.5 Å². The first kappa shape index (κ1) is 22.0. The Labute approximate surface area is 208 Å². The van der Waals surface area contributed by atoms with Crippen molar-refractivity contribution in [1.29, 1.82) is 0 Å². The van der Waals surface area contributed by atoms with Crippen molar-refractivity contribution in [3.05, 3.63) is 98.2 Å². The average molecular weight is 504 g/mol. The Morgan fingerprint density at radius 3 is 2.56 bits per heavy atom. The summed E-state index contributed by atoms with van der Waals surface area (Å²) in [7, 11) is 0. The largest absolute Gasteiger partial charge is 0.454 e. The van der Waals surface area contributed by atoms with Crippen LogP contribution in [-0.2, 0) is 17.9 Å². The van der Waals surface area contributed by atoms with Crippen LogP contribution in [0, 0.1) is 0 Å². The average Bonchev–Trinajstić information content (AvgIpc) is 3.50. The van der Waals surface area contributed by atoms with Gasteiger partial charge < -0.3 is 19.2 Å². The summed E-state index contributed by atoms with van der Waals surface area (Å²) in [6, 6.07) is 18.8. The summed E-state index contributed by atoms with van der Waals surface area (Å²) in [6.45, 7) is -0.262. The Bertz CT molecular complexity index is 1770. The standard InChI is InChI=1S/C26H18ClN3O6/c27-16-6-8-17(9-7-16)28-22(31)13-29-23-18-3-1-2-4-19(18)36-24(23)25(32)30(26(29)33)12-15-5-10-20-21(11-15)35-14-34-20/h1-11H,12-14H2,(H,28,31). The maximum absolute atomic E-state index is 13.6. The molecule has 9 nitrogen and oxygen atoms in total. The van der Waals surface area contributed by atoms with Crippen LogP contribution in [0.2, 0.25) is 5.02 Å². The Morgan fingerprint density at radius 2 is 1.72 bits per heavy atom. The number of halogens is 1. The molecule has 0 saturated carbocycles. The van der Waals surface area contributed by atoms with E-state index < -0.39 is 17.2 Å². The number of nitrogens with zero attached hydrogens (tertiary/aromatic N) is 2. The second-order valence-electron chi connectivity index (χ2n) is 8.28. The van der Waals surface area contributed by atoms with E-state index >= 15 is 0 Å². The number of aromatic nitrogens is 2. The third kappa shape index (κ3) is 3.79. The highest BCUT2D eigenvalue weighted by Crippen LogP contribution is 2.32. The molecule has 10 heteroatoms. The lowest BCUT2D eigenvalue weighted by molar-refractivity contribution is -0.116. The number of benzene rings is 3. The van der Waals surface area contributed by atoms with Gasteiger partial charge in [-0.1, -0.05) is 29.8 Å². The quantitative estimate of drug-likeness (QED) is 0.389. The predicted octanol–water partition coefficient (Wildman–Crippen LogP) is 3.98. The molecule has 180 valence electrons. The number of hydrogen-bond acceptors (Lipinski definition) is 6. The summed E-state index contributed by atoms with van der Waals surface area (Å²) in [5.41, 5.74) is 0.674.